The second-order valence-electron chi connectivity index (χ2n) is 7.82. The maximum absolute atomic E-state index is 13.1. The van der Waals surface area contributed by atoms with E-state index in [0.29, 0.717) is 13.0 Å². The maximum atomic E-state index is 13.1. The molecule has 1 N–H and O–H groups in total. The third-order valence-electron chi connectivity index (χ3n) is 5.31. The van der Waals surface area contributed by atoms with Crippen molar-refractivity contribution in [2.45, 2.75) is 42.4 Å². The fraction of sp³-hybridized carbons (Fsp3) is 0.429. The summed E-state index contributed by atoms with van der Waals surface area (Å²) in [5.74, 6) is -0.627. The minimum absolute atomic E-state index is 0.148. The number of benzene rings is 2. The Labute approximate surface area is 172 Å². The van der Waals surface area contributed by atoms with E-state index in [1.807, 2.05) is 13.8 Å². The quantitative estimate of drug-likeness (QED) is 0.718. The zero-order valence-electron chi connectivity index (χ0n) is 16.5. The van der Waals surface area contributed by atoms with Gasteiger partial charge in [0, 0.05) is 6.04 Å². The van der Waals surface area contributed by atoms with Gasteiger partial charge in [-0.3, -0.25) is 0 Å². The van der Waals surface area contributed by atoms with Gasteiger partial charge < -0.3 is 5.32 Å². The van der Waals surface area contributed by atoms with Crippen LogP contribution in [0.3, 0.4) is 0 Å². The van der Waals surface area contributed by atoms with Gasteiger partial charge in [0.05, 0.1) is 21.7 Å². The van der Waals surface area contributed by atoms with Crippen molar-refractivity contribution in [3.8, 4) is 0 Å². The van der Waals surface area contributed by atoms with Crippen molar-refractivity contribution in [3.05, 3.63) is 65.5 Å². The lowest BCUT2D eigenvalue weighted by Crippen LogP contribution is -2.44. The van der Waals surface area contributed by atoms with Gasteiger partial charge in [-0.15, -0.1) is 0 Å². The fourth-order valence-electron chi connectivity index (χ4n) is 3.58. The number of sulfone groups is 2. The normalized spacial score (nSPS) is 21.5. The predicted octanol–water partition coefficient (Wildman–Crippen LogP) is 2.72. The molecule has 0 radical (unpaired) electrons. The average molecular weight is 440 g/mol. The molecule has 2 aromatic rings. The first kappa shape index (κ1) is 21.9. The molecular formula is C21H26FNO4S2. The average Bonchev–Trinajstić information content (AvgIpc) is 2.99. The number of hydrogen-bond acceptors (Lipinski definition) is 5. The van der Waals surface area contributed by atoms with Crippen molar-refractivity contribution < 1.29 is 21.2 Å². The molecule has 3 rings (SSSR count). The van der Waals surface area contributed by atoms with E-state index in [4.69, 9.17) is 0 Å². The van der Waals surface area contributed by atoms with Gasteiger partial charge >= 0.3 is 0 Å². The van der Waals surface area contributed by atoms with Crippen molar-refractivity contribution >= 4 is 19.7 Å². The second-order valence-corrected chi connectivity index (χ2v) is 12.1. The van der Waals surface area contributed by atoms with Crippen molar-refractivity contribution in [1.82, 2.24) is 5.32 Å². The highest BCUT2D eigenvalue weighted by atomic mass is 32.2. The van der Waals surface area contributed by atoms with Crippen molar-refractivity contribution in [1.29, 1.82) is 0 Å². The van der Waals surface area contributed by atoms with Crippen LogP contribution in [-0.4, -0.2) is 46.2 Å². The van der Waals surface area contributed by atoms with Crippen molar-refractivity contribution in [2.24, 2.45) is 0 Å². The minimum atomic E-state index is -3.79. The monoisotopic (exact) mass is 439 g/mol. The molecule has 0 aromatic heterocycles. The molecule has 0 spiro atoms. The summed E-state index contributed by atoms with van der Waals surface area (Å²) in [6, 6.07) is 12.1. The van der Waals surface area contributed by atoms with E-state index >= 15 is 0 Å². The highest BCUT2D eigenvalue weighted by Crippen LogP contribution is 2.27. The molecule has 5 nitrogen and oxygen atoms in total. The van der Waals surface area contributed by atoms with Crippen LogP contribution in [0.5, 0.6) is 0 Å². The highest BCUT2D eigenvalue weighted by Gasteiger charge is 2.45. The van der Waals surface area contributed by atoms with Gasteiger partial charge in [0.25, 0.3) is 0 Å². The van der Waals surface area contributed by atoms with E-state index in [1.54, 1.807) is 36.4 Å². The molecular weight excluding hydrogens is 413 g/mol. The van der Waals surface area contributed by atoms with E-state index in [-0.39, 0.29) is 28.1 Å². The van der Waals surface area contributed by atoms with Crippen LogP contribution in [0.15, 0.2) is 53.4 Å². The Hall–Kier alpha value is -1.77. The zero-order chi connectivity index (χ0) is 21.2. The molecule has 158 valence electrons. The van der Waals surface area contributed by atoms with E-state index in [9.17, 15) is 21.2 Å². The lowest BCUT2D eigenvalue weighted by molar-refractivity contribution is 0.528. The lowest BCUT2D eigenvalue weighted by Gasteiger charge is -2.20. The van der Waals surface area contributed by atoms with Gasteiger partial charge in [-0.25, -0.2) is 21.2 Å². The maximum Gasteiger partial charge on any atom is 0.183 e. The van der Waals surface area contributed by atoms with Crippen LogP contribution >= 0.6 is 0 Å². The molecule has 2 atom stereocenters. The predicted molar refractivity (Wildman–Crippen MR) is 112 cm³/mol. The molecule has 0 aliphatic carbocycles. The molecule has 0 saturated carbocycles. The first-order chi connectivity index (χ1) is 13.6. The van der Waals surface area contributed by atoms with Gasteiger partial charge in [0.2, 0.25) is 0 Å². The van der Waals surface area contributed by atoms with Crippen LogP contribution < -0.4 is 5.32 Å². The van der Waals surface area contributed by atoms with Crippen LogP contribution in [0.25, 0.3) is 0 Å². The third-order valence-corrected chi connectivity index (χ3v) is 9.47. The van der Waals surface area contributed by atoms with Crippen LogP contribution in [-0.2, 0) is 26.1 Å². The van der Waals surface area contributed by atoms with Crippen LogP contribution in [0.4, 0.5) is 4.39 Å². The zero-order valence-corrected chi connectivity index (χ0v) is 18.1. The Morgan fingerprint density at radius 2 is 1.66 bits per heavy atom. The molecule has 29 heavy (non-hydrogen) atoms. The molecule has 1 aliphatic heterocycles. The van der Waals surface area contributed by atoms with Gasteiger partial charge in [0.1, 0.15) is 5.82 Å². The Kier molecular flexibility index (Phi) is 6.45. The SMILES string of the molecule is CC(C)c1ccc(S(=O)(=O)[C@H]2CS(=O)(=O)C[C@@H]2NCCc2ccc(F)cc2)cc1. The smallest absolute Gasteiger partial charge is 0.183 e. The van der Waals surface area contributed by atoms with E-state index in [0.717, 1.165) is 11.1 Å². The second kappa shape index (κ2) is 8.53. The lowest BCUT2D eigenvalue weighted by atomic mass is 10.0. The summed E-state index contributed by atoms with van der Waals surface area (Å²) in [5, 5.41) is 2.08. The Bertz CT molecular complexity index is 1050. The Balaban J connectivity index is 1.75. The van der Waals surface area contributed by atoms with E-state index in [1.165, 1.54) is 12.1 Å². The minimum Gasteiger partial charge on any atom is -0.311 e. The number of rotatable bonds is 7. The molecule has 2 aromatic carbocycles. The van der Waals surface area contributed by atoms with Gasteiger partial charge in [-0.2, -0.15) is 0 Å². The van der Waals surface area contributed by atoms with Gasteiger partial charge in [0.15, 0.2) is 19.7 Å². The van der Waals surface area contributed by atoms with E-state index < -0.39 is 31.0 Å². The molecule has 1 aliphatic rings. The topological polar surface area (TPSA) is 80.3 Å². The van der Waals surface area contributed by atoms with Crippen LogP contribution in [0.2, 0.25) is 0 Å². The summed E-state index contributed by atoms with van der Waals surface area (Å²) < 4.78 is 63.7. The van der Waals surface area contributed by atoms with Crippen LogP contribution in [0.1, 0.15) is 30.9 Å². The summed E-state index contributed by atoms with van der Waals surface area (Å²) in [4.78, 5) is 0.148. The largest absolute Gasteiger partial charge is 0.311 e. The number of halogens is 1. The molecule has 0 amide bonds. The van der Waals surface area contributed by atoms with Crippen molar-refractivity contribution in [3.63, 3.8) is 0 Å². The molecule has 0 bridgehead atoms. The molecule has 1 saturated heterocycles. The Morgan fingerprint density at radius 3 is 2.24 bits per heavy atom. The summed E-state index contributed by atoms with van der Waals surface area (Å²) in [7, 11) is -7.24. The van der Waals surface area contributed by atoms with Crippen molar-refractivity contribution in [2.75, 3.05) is 18.1 Å². The summed E-state index contributed by atoms with van der Waals surface area (Å²) in [5.41, 5.74) is 1.92. The first-order valence-corrected chi connectivity index (χ1v) is 13.0. The highest BCUT2D eigenvalue weighted by molar-refractivity contribution is 7.96. The number of nitrogens with one attached hydrogen (secondary N) is 1. The molecule has 1 fully saturated rings. The molecule has 0 unspecified atom stereocenters. The summed E-state index contributed by atoms with van der Waals surface area (Å²) in [6.07, 6.45) is 0.548. The van der Waals surface area contributed by atoms with E-state index in [2.05, 4.69) is 5.32 Å². The van der Waals surface area contributed by atoms with Crippen LogP contribution in [0, 0.1) is 5.82 Å². The molecule has 8 heteroatoms. The summed E-state index contributed by atoms with van der Waals surface area (Å²) >= 11 is 0. The molecule has 1 heterocycles. The third kappa shape index (κ3) is 5.24. The van der Waals surface area contributed by atoms with Gasteiger partial charge in [-0.1, -0.05) is 38.1 Å². The fourth-order valence-corrected chi connectivity index (χ4v) is 8.30. The van der Waals surface area contributed by atoms with Gasteiger partial charge in [-0.05, 0) is 54.3 Å². The number of hydrogen-bond donors (Lipinski definition) is 1. The Morgan fingerprint density at radius 1 is 1.03 bits per heavy atom. The first-order valence-electron chi connectivity index (χ1n) is 9.60. The summed E-state index contributed by atoms with van der Waals surface area (Å²) in [6.45, 7) is 4.45. The standard InChI is InChI=1S/C21H26FNO4S2/c1-15(2)17-5-9-19(10-6-17)29(26,27)21-14-28(24,25)13-20(21)23-12-11-16-3-7-18(22)8-4-16/h3-10,15,20-21,23H,11-14H2,1-2H3/t20-,21-/m0/s1.